The molecule has 3 atom stereocenters. The van der Waals surface area contributed by atoms with Crippen LogP contribution in [0.25, 0.3) is 0 Å². The van der Waals surface area contributed by atoms with Crippen LogP contribution in [-0.4, -0.2) is 13.1 Å². The van der Waals surface area contributed by atoms with E-state index in [1.165, 1.54) is 136 Å². The van der Waals surface area contributed by atoms with Crippen LogP contribution in [0, 0.1) is 17.8 Å². The SMILES string of the molecule is CCCCCCCCCCCCCCCCCCCC[C@@H](C)C[C@H](C)C[C@@H](C)C(=O)OC. The Morgan fingerprint density at radius 1 is 0.562 bits per heavy atom. The highest BCUT2D eigenvalue weighted by Gasteiger charge is 2.18. The summed E-state index contributed by atoms with van der Waals surface area (Å²) in [6, 6.07) is 0. The van der Waals surface area contributed by atoms with Crippen molar-refractivity contribution in [3.63, 3.8) is 0 Å². The lowest BCUT2D eigenvalue weighted by atomic mass is 9.87. The van der Waals surface area contributed by atoms with Crippen molar-refractivity contribution in [1.82, 2.24) is 0 Å². The van der Waals surface area contributed by atoms with Gasteiger partial charge in [-0.2, -0.15) is 0 Å². The van der Waals surface area contributed by atoms with Crippen LogP contribution >= 0.6 is 0 Å². The van der Waals surface area contributed by atoms with Crippen molar-refractivity contribution in [2.24, 2.45) is 17.8 Å². The van der Waals surface area contributed by atoms with Crippen molar-refractivity contribution in [1.29, 1.82) is 0 Å². The summed E-state index contributed by atoms with van der Waals surface area (Å²) in [4.78, 5) is 11.6. The first-order valence-corrected chi connectivity index (χ1v) is 14.6. The molecule has 0 heterocycles. The number of carbonyl (C=O) groups is 1. The van der Waals surface area contributed by atoms with Gasteiger partial charge in [0.15, 0.2) is 0 Å². The Balaban J connectivity index is 3.31. The fraction of sp³-hybridized carbons (Fsp3) is 0.967. The lowest BCUT2D eigenvalue weighted by molar-refractivity contribution is -0.145. The number of esters is 1. The molecular formula is C30H60O2. The van der Waals surface area contributed by atoms with Crippen molar-refractivity contribution in [2.45, 2.75) is 163 Å². The summed E-state index contributed by atoms with van der Waals surface area (Å²) in [6.45, 7) is 8.95. The summed E-state index contributed by atoms with van der Waals surface area (Å²) >= 11 is 0. The second-order valence-corrected chi connectivity index (χ2v) is 10.9. The van der Waals surface area contributed by atoms with Crippen LogP contribution in [0.1, 0.15) is 163 Å². The highest BCUT2D eigenvalue weighted by molar-refractivity contribution is 5.71. The van der Waals surface area contributed by atoms with Gasteiger partial charge in [-0.05, 0) is 24.7 Å². The second kappa shape index (κ2) is 23.6. The van der Waals surface area contributed by atoms with E-state index in [2.05, 4.69) is 20.8 Å². The van der Waals surface area contributed by atoms with Gasteiger partial charge in [-0.1, -0.05) is 150 Å². The molecule has 0 aliphatic heterocycles. The highest BCUT2D eigenvalue weighted by Crippen LogP contribution is 2.24. The Morgan fingerprint density at radius 2 is 0.938 bits per heavy atom. The number of rotatable bonds is 24. The minimum Gasteiger partial charge on any atom is -0.469 e. The Kier molecular flexibility index (Phi) is 23.2. The molecule has 0 amide bonds. The normalized spacial score (nSPS) is 14.3. The molecule has 32 heavy (non-hydrogen) atoms. The summed E-state index contributed by atoms with van der Waals surface area (Å²) in [5, 5.41) is 0. The first-order chi connectivity index (χ1) is 15.5. The van der Waals surface area contributed by atoms with Gasteiger partial charge in [0, 0.05) is 0 Å². The van der Waals surface area contributed by atoms with Crippen molar-refractivity contribution < 1.29 is 9.53 Å². The van der Waals surface area contributed by atoms with E-state index in [4.69, 9.17) is 4.74 Å². The zero-order chi connectivity index (χ0) is 23.9. The molecule has 2 heteroatoms. The summed E-state index contributed by atoms with van der Waals surface area (Å²) in [5.41, 5.74) is 0. The molecule has 0 saturated carbocycles. The molecule has 0 rings (SSSR count). The van der Waals surface area contributed by atoms with Crippen molar-refractivity contribution >= 4 is 5.97 Å². The molecule has 0 fully saturated rings. The maximum atomic E-state index is 11.6. The fourth-order valence-corrected chi connectivity index (χ4v) is 5.20. The second-order valence-electron chi connectivity index (χ2n) is 10.9. The third-order valence-corrected chi connectivity index (χ3v) is 7.21. The molecule has 0 aromatic rings. The lowest BCUT2D eigenvalue weighted by Crippen LogP contribution is -2.16. The van der Waals surface area contributed by atoms with E-state index in [0.29, 0.717) is 5.92 Å². The van der Waals surface area contributed by atoms with Gasteiger partial charge in [-0.25, -0.2) is 0 Å². The Labute approximate surface area is 203 Å². The molecule has 0 N–H and O–H groups in total. The van der Waals surface area contributed by atoms with Crippen LogP contribution in [0.2, 0.25) is 0 Å². The predicted octanol–water partition coefficient (Wildman–Crippen LogP) is 10.3. The molecule has 0 bridgehead atoms. The number of unbranched alkanes of at least 4 members (excludes halogenated alkanes) is 17. The summed E-state index contributed by atoms with van der Waals surface area (Å²) in [6.07, 6.45) is 29.5. The van der Waals surface area contributed by atoms with Gasteiger partial charge in [0.1, 0.15) is 0 Å². The molecule has 2 nitrogen and oxygen atoms in total. The average Bonchev–Trinajstić information content (AvgIpc) is 2.77. The zero-order valence-corrected chi connectivity index (χ0v) is 22.9. The van der Waals surface area contributed by atoms with E-state index in [-0.39, 0.29) is 11.9 Å². The van der Waals surface area contributed by atoms with Gasteiger partial charge in [0.2, 0.25) is 0 Å². The number of hydrogen-bond donors (Lipinski definition) is 0. The van der Waals surface area contributed by atoms with Crippen LogP contribution in [-0.2, 0) is 9.53 Å². The molecule has 0 radical (unpaired) electrons. The first-order valence-electron chi connectivity index (χ1n) is 14.6. The maximum absolute atomic E-state index is 11.6. The molecule has 0 aliphatic rings. The van der Waals surface area contributed by atoms with Crippen LogP contribution in [0.4, 0.5) is 0 Å². The Morgan fingerprint density at radius 3 is 1.31 bits per heavy atom. The van der Waals surface area contributed by atoms with Gasteiger partial charge in [0.05, 0.1) is 13.0 Å². The standard InChI is InChI=1S/C30H60O2/c1-6-7-8-9-10-11-12-13-14-15-16-17-18-19-20-21-22-23-24-27(2)25-28(3)26-29(4)30(31)32-5/h27-29H,6-26H2,1-5H3/t27-,28+,29-/m1/s1. The summed E-state index contributed by atoms with van der Waals surface area (Å²) < 4.78 is 4.85. The van der Waals surface area contributed by atoms with E-state index in [0.717, 1.165) is 12.3 Å². The molecule has 0 aromatic carbocycles. The maximum Gasteiger partial charge on any atom is 0.308 e. The van der Waals surface area contributed by atoms with Crippen LogP contribution in [0.3, 0.4) is 0 Å². The Hall–Kier alpha value is -0.530. The molecule has 0 aromatic heterocycles. The Bertz CT molecular complexity index is 392. The average molecular weight is 453 g/mol. The first kappa shape index (κ1) is 31.5. The molecule has 0 unspecified atom stereocenters. The van der Waals surface area contributed by atoms with E-state index >= 15 is 0 Å². The lowest BCUT2D eigenvalue weighted by Gasteiger charge is -2.19. The minimum absolute atomic E-state index is 0.0345. The number of carbonyl (C=O) groups excluding carboxylic acids is 1. The zero-order valence-electron chi connectivity index (χ0n) is 22.9. The molecule has 192 valence electrons. The number of ether oxygens (including phenoxy) is 1. The fourth-order valence-electron chi connectivity index (χ4n) is 5.20. The topological polar surface area (TPSA) is 26.3 Å². The smallest absolute Gasteiger partial charge is 0.308 e. The quantitative estimate of drug-likeness (QED) is 0.107. The summed E-state index contributed by atoms with van der Waals surface area (Å²) in [7, 11) is 1.49. The molecule has 0 spiro atoms. The predicted molar refractivity (Wildman–Crippen MR) is 142 cm³/mol. The third-order valence-electron chi connectivity index (χ3n) is 7.21. The van der Waals surface area contributed by atoms with Gasteiger partial charge in [-0.3, -0.25) is 4.79 Å². The van der Waals surface area contributed by atoms with E-state index in [1.54, 1.807) is 0 Å². The van der Waals surface area contributed by atoms with Gasteiger partial charge < -0.3 is 4.74 Å². The number of methoxy groups -OCH3 is 1. The summed E-state index contributed by atoms with van der Waals surface area (Å²) in [5.74, 6) is 1.35. The van der Waals surface area contributed by atoms with Crippen LogP contribution in [0.5, 0.6) is 0 Å². The van der Waals surface area contributed by atoms with Crippen LogP contribution in [0.15, 0.2) is 0 Å². The van der Waals surface area contributed by atoms with Crippen molar-refractivity contribution in [3.05, 3.63) is 0 Å². The highest BCUT2D eigenvalue weighted by atomic mass is 16.5. The molecular weight excluding hydrogens is 392 g/mol. The van der Waals surface area contributed by atoms with E-state index in [1.807, 2.05) is 6.92 Å². The van der Waals surface area contributed by atoms with Crippen LogP contribution < -0.4 is 0 Å². The monoisotopic (exact) mass is 452 g/mol. The van der Waals surface area contributed by atoms with Gasteiger partial charge in [-0.15, -0.1) is 0 Å². The number of hydrogen-bond acceptors (Lipinski definition) is 2. The molecule has 0 aliphatic carbocycles. The largest absolute Gasteiger partial charge is 0.469 e. The van der Waals surface area contributed by atoms with Crippen molar-refractivity contribution in [3.8, 4) is 0 Å². The van der Waals surface area contributed by atoms with E-state index in [9.17, 15) is 4.79 Å². The van der Waals surface area contributed by atoms with E-state index < -0.39 is 0 Å². The minimum atomic E-state index is -0.0620. The molecule has 0 saturated heterocycles. The van der Waals surface area contributed by atoms with Gasteiger partial charge >= 0.3 is 5.97 Å². The van der Waals surface area contributed by atoms with Gasteiger partial charge in [0.25, 0.3) is 0 Å². The third kappa shape index (κ3) is 21.3. The van der Waals surface area contributed by atoms with Crippen molar-refractivity contribution in [2.75, 3.05) is 7.11 Å².